The quantitative estimate of drug-likeness (QED) is 0.401. The van der Waals surface area contributed by atoms with Crippen LogP contribution >= 0.6 is 0 Å². The standard InChI is InChI=1S/C23H29N7O2S/c1-23(11-3-2-6-20(23)24)30-15-19(21(25)31)22(29-30)28-17-7-9-18(10-8-17)33(32)27-14-16-5-4-12-26-13-16/h4-5,7-10,12-13,15,20,27H,2-3,6,11,14,24H2,1H3,(H2,25,31)(H,28,29)/t20?,23-,33?/m0/s1. The number of primary amides is 1. The van der Waals surface area contributed by atoms with Crippen LogP contribution in [0.5, 0.6) is 0 Å². The van der Waals surface area contributed by atoms with Crippen LogP contribution in [-0.2, 0) is 23.1 Å². The Bertz CT molecular complexity index is 1130. The van der Waals surface area contributed by atoms with E-state index < -0.39 is 16.9 Å². The molecule has 0 radical (unpaired) electrons. The molecule has 0 aliphatic heterocycles. The minimum Gasteiger partial charge on any atom is -0.365 e. The van der Waals surface area contributed by atoms with Crippen LogP contribution in [0.4, 0.5) is 11.5 Å². The SMILES string of the molecule is C[C@]1(n2cc(C(N)=O)c(Nc3ccc(S(=O)NCc4cccnc4)cc3)n2)CCCCC1N. The Hall–Kier alpha value is -3.08. The Morgan fingerprint density at radius 2 is 2.06 bits per heavy atom. The number of pyridine rings is 1. The molecule has 1 amide bonds. The van der Waals surface area contributed by atoms with E-state index in [9.17, 15) is 9.00 Å². The van der Waals surface area contributed by atoms with Crippen LogP contribution in [0.2, 0.25) is 0 Å². The molecule has 3 atom stereocenters. The molecule has 2 heterocycles. The van der Waals surface area contributed by atoms with Crippen LogP contribution < -0.4 is 21.5 Å². The number of anilines is 2. The number of nitrogens with one attached hydrogen (secondary N) is 2. The van der Waals surface area contributed by atoms with E-state index in [0.717, 1.165) is 31.2 Å². The fraction of sp³-hybridized carbons (Fsp3) is 0.348. The highest BCUT2D eigenvalue weighted by Gasteiger charge is 2.37. The van der Waals surface area contributed by atoms with Crippen molar-refractivity contribution in [3.05, 3.63) is 66.1 Å². The lowest BCUT2D eigenvalue weighted by atomic mass is 9.79. The van der Waals surface area contributed by atoms with Crippen LogP contribution in [0.15, 0.2) is 59.9 Å². The number of aromatic nitrogens is 3. The van der Waals surface area contributed by atoms with Gasteiger partial charge in [0.2, 0.25) is 0 Å². The largest absolute Gasteiger partial charge is 0.365 e. The van der Waals surface area contributed by atoms with Crippen molar-refractivity contribution in [1.82, 2.24) is 19.5 Å². The molecular formula is C23H29N7O2S. The Balaban J connectivity index is 1.48. The van der Waals surface area contributed by atoms with Crippen molar-refractivity contribution in [2.45, 2.75) is 55.6 Å². The molecule has 6 N–H and O–H groups in total. The highest BCUT2D eigenvalue weighted by molar-refractivity contribution is 7.83. The van der Waals surface area contributed by atoms with Crippen molar-refractivity contribution < 1.29 is 9.00 Å². The summed E-state index contributed by atoms with van der Waals surface area (Å²) >= 11 is 0. The Kier molecular flexibility index (Phi) is 6.87. The van der Waals surface area contributed by atoms with Gasteiger partial charge in [-0.15, -0.1) is 0 Å². The second-order valence-electron chi connectivity index (χ2n) is 8.51. The molecule has 2 aromatic heterocycles. The summed E-state index contributed by atoms with van der Waals surface area (Å²) in [5.74, 6) is -0.181. The van der Waals surface area contributed by atoms with E-state index in [-0.39, 0.29) is 11.6 Å². The van der Waals surface area contributed by atoms with Gasteiger partial charge in [-0.2, -0.15) is 5.10 Å². The van der Waals surface area contributed by atoms with Gasteiger partial charge in [-0.25, -0.2) is 8.93 Å². The molecule has 3 aromatic rings. The summed E-state index contributed by atoms with van der Waals surface area (Å²) in [6.45, 7) is 2.52. The van der Waals surface area contributed by atoms with Crippen LogP contribution in [0.1, 0.15) is 48.5 Å². The first-order valence-corrected chi connectivity index (χ1v) is 12.1. The minimum atomic E-state index is -1.37. The smallest absolute Gasteiger partial charge is 0.254 e. The molecule has 33 heavy (non-hydrogen) atoms. The van der Waals surface area contributed by atoms with Crippen LogP contribution in [0.25, 0.3) is 0 Å². The maximum absolute atomic E-state index is 12.5. The predicted octanol–water partition coefficient (Wildman–Crippen LogP) is 2.55. The van der Waals surface area contributed by atoms with Gasteiger partial charge in [0, 0.05) is 36.9 Å². The Labute approximate surface area is 195 Å². The maximum atomic E-state index is 12.5. The number of amides is 1. The number of carbonyl (C=O) groups excluding carboxylic acids is 1. The third-order valence-electron chi connectivity index (χ3n) is 6.21. The Morgan fingerprint density at radius 1 is 1.27 bits per heavy atom. The van der Waals surface area contributed by atoms with E-state index in [1.54, 1.807) is 47.5 Å². The van der Waals surface area contributed by atoms with E-state index >= 15 is 0 Å². The summed E-state index contributed by atoms with van der Waals surface area (Å²) < 4.78 is 17.3. The van der Waals surface area contributed by atoms with Gasteiger partial charge < -0.3 is 16.8 Å². The van der Waals surface area contributed by atoms with Crippen LogP contribution in [0, 0.1) is 0 Å². The molecule has 1 aromatic carbocycles. The Morgan fingerprint density at radius 3 is 2.73 bits per heavy atom. The molecule has 174 valence electrons. The molecule has 1 aliphatic rings. The number of nitrogens with two attached hydrogens (primary N) is 2. The normalized spacial score (nSPS) is 21.5. The zero-order valence-corrected chi connectivity index (χ0v) is 19.3. The average Bonchev–Trinajstić information content (AvgIpc) is 3.25. The zero-order valence-electron chi connectivity index (χ0n) is 18.5. The number of hydrogen-bond acceptors (Lipinski definition) is 6. The van der Waals surface area contributed by atoms with Gasteiger partial charge in [0.15, 0.2) is 5.82 Å². The number of nitrogens with zero attached hydrogens (tertiary/aromatic N) is 3. The monoisotopic (exact) mass is 467 g/mol. The number of rotatable bonds is 8. The van der Waals surface area contributed by atoms with Gasteiger partial charge in [0.25, 0.3) is 5.91 Å². The third-order valence-corrected chi connectivity index (χ3v) is 7.32. The summed E-state index contributed by atoms with van der Waals surface area (Å²) in [5, 5.41) is 7.81. The molecule has 0 bridgehead atoms. The summed E-state index contributed by atoms with van der Waals surface area (Å²) in [4.78, 5) is 16.8. The second-order valence-corrected chi connectivity index (χ2v) is 9.81. The van der Waals surface area contributed by atoms with Gasteiger partial charge >= 0.3 is 0 Å². The van der Waals surface area contributed by atoms with E-state index in [4.69, 9.17) is 11.5 Å². The van der Waals surface area contributed by atoms with E-state index in [1.165, 1.54) is 0 Å². The lowest BCUT2D eigenvalue weighted by molar-refractivity contribution is 0.1000. The lowest BCUT2D eigenvalue weighted by Crippen LogP contribution is -2.50. The van der Waals surface area contributed by atoms with Crippen molar-refractivity contribution >= 4 is 28.4 Å². The number of carbonyl (C=O) groups is 1. The fourth-order valence-corrected chi connectivity index (χ4v) is 4.92. The zero-order chi connectivity index (χ0) is 23.4. The summed E-state index contributed by atoms with van der Waals surface area (Å²) in [6, 6.07) is 10.8. The van der Waals surface area contributed by atoms with Gasteiger partial charge in [-0.1, -0.05) is 18.9 Å². The number of benzene rings is 1. The van der Waals surface area contributed by atoms with Crippen molar-refractivity contribution in [2.24, 2.45) is 11.5 Å². The molecular weight excluding hydrogens is 438 g/mol. The predicted molar refractivity (Wildman–Crippen MR) is 128 cm³/mol. The van der Waals surface area contributed by atoms with Gasteiger partial charge in [0.1, 0.15) is 16.5 Å². The van der Waals surface area contributed by atoms with Gasteiger partial charge in [-0.3, -0.25) is 14.5 Å². The molecule has 10 heteroatoms. The first-order chi connectivity index (χ1) is 15.9. The van der Waals surface area contributed by atoms with Gasteiger partial charge in [-0.05, 0) is 55.7 Å². The van der Waals surface area contributed by atoms with E-state index in [0.29, 0.717) is 28.5 Å². The van der Waals surface area contributed by atoms with Crippen LogP contribution in [-0.4, -0.2) is 30.9 Å². The first-order valence-electron chi connectivity index (χ1n) is 10.9. The summed E-state index contributed by atoms with van der Waals surface area (Å²) in [5.41, 5.74) is 13.6. The average molecular weight is 468 g/mol. The van der Waals surface area contributed by atoms with Crippen molar-refractivity contribution in [3.63, 3.8) is 0 Å². The van der Waals surface area contributed by atoms with E-state index in [2.05, 4.69) is 27.0 Å². The molecule has 0 saturated heterocycles. The third kappa shape index (κ3) is 5.13. The highest BCUT2D eigenvalue weighted by atomic mass is 32.2. The topological polar surface area (TPSA) is 141 Å². The van der Waals surface area contributed by atoms with E-state index in [1.807, 2.05) is 12.1 Å². The molecule has 4 rings (SSSR count). The molecule has 1 aliphatic carbocycles. The summed E-state index contributed by atoms with van der Waals surface area (Å²) in [7, 11) is -1.37. The highest BCUT2D eigenvalue weighted by Crippen LogP contribution is 2.35. The molecule has 1 fully saturated rings. The van der Waals surface area contributed by atoms with Gasteiger partial charge in [0.05, 0.1) is 10.4 Å². The lowest BCUT2D eigenvalue weighted by Gasteiger charge is -2.39. The molecule has 2 unspecified atom stereocenters. The molecule has 0 spiro atoms. The van der Waals surface area contributed by atoms with Crippen molar-refractivity contribution in [3.8, 4) is 0 Å². The van der Waals surface area contributed by atoms with Crippen molar-refractivity contribution in [1.29, 1.82) is 0 Å². The van der Waals surface area contributed by atoms with Crippen LogP contribution in [0.3, 0.4) is 0 Å². The maximum Gasteiger partial charge on any atom is 0.254 e. The fourth-order valence-electron chi connectivity index (χ4n) is 4.07. The minimum absolute atomic E-state index is 0.0480. The first kappa shape index (κ1) is 23.1. The number of hydrogen-bond donors (Lipinski definition) is 4. The second kappa shape index (κ2) is 9.82. The van der Waals surface area contributed by atoms with Crippen molar-refractivity contribution in [2.75, 3.05) is 5.32 Å². The summed E-state index contributed by atoms with van der Waals surface area (Å²) in [6.07, 6.45) is 9.07. The molecule has 1 saturated carbocycles. The molecule has 9 nitrogen and oxygen atoms in total.